The van der Waals surface area contributed by atoms with E-state index in [0.717, 1.165) is 17.0 Å². The summed E-state index contributed by atoms with van der Waals surface area (Å²) in [6.07, 6.45) is 0. The Balaban J connectivity index is 1.81. The fraction of sp³-hybridized carbons (Fsp3) is 0.190. The Morgan fingerprint density at radius 1 is 0.923 bits per heavy atom. The largest absolute Gasteiger partial charge is 0.345 e. The van der Waals surface area contributed by atoms with Gasteiger partial charge >= 0.3 is 0 Å². The zero-order chi connectivity index (χ0) is 18.5. The molecule has 1 aromatic heterocycles. The highest BCUT2D eigenvalue weighted by molar-refractivity contribution is 6.00. The van der Waals surface area contributed by atoms with E-state index in [1.807, 2.05) is 75.4 Å². The molecule has 2 N–H and O–H groups in total. The van der Waals surface area contributed by atoms with Gasteiger partial charge in [-0.25, -0.2) is 9.97 Å². The molecular weight excluding hydrogens is 324 g/mol. The molecule has 132 valence electrons. The van der Waals surface area contributed by atoms with E-state index in [0.29, 0.717) is 17.2 Å². The van der Waals surface area contributed by atoms with E-state index in [9.17, 15) is 4.79 Å². The molecule has 0 spiro atoms. The van der Waals surface area contributed by atoms with Crippen LogP contribution in [0.3, 0.4) is 0 Å². The summed E-state index contributed by atoms with van der Waals surface area (Å²) in [5.41, 5.74) is 4.04. The number of nitrogens with one attached hydrogen (secondary N) is 2. The zero-order valence-electron chi connectivity index (χ0n) is 15.2. The number of carbonyl (C=O) groups excluding carboxylic acids is 1. The van der Waals surface area contributed by atoms with Crippen molar-refractivity contribution < 1.29 is 4.79 Å². The van der Waals surface area contributed by atoms with Crippen molar-refractivity contribution in [1.29, 1.82) is 0 Å². The standard InChI is InChI=1S/C21H22N4O/c1-14-13-15(2)23-21(22-14)25-19-12-8-7-11-18(19)20(26)24-16(3)17-9-5-4-6-10-17/h4-13,16H,1-3H3,(H,24,26)(H,22,23,25)/t16-/m0/s1. The molecule has 0 radical (unpaired) electrons. The Morgan fingerprint density at radius 2 is 1.54 bits per heavy atom. The third-order valence-electron chi connectivity index (χ3n) is 4.05. The summed E-state index contributed by atoms with van der Waals surface area (Å²) in [6, 6.07) is 19.1. The number of carbonyl (C=O) groups is 1. The van der Waals surface area contributed by atoms with Crippen LogP contribution in [0.5, 0.6) is 0 Å². The highest BCUT2D eigenvalue weighted by atomic mass is 16.1. The normalized spacial score (nSPS) is 11.7. The summed E-state index contributed by atoms with van der Waals surface area (Å²) in [5, 5.41) is 6.21. The van der Waals surface area contributed by atoms with Gasteiger partial charge in [-0.3, -0.25) is 4.79 Å². The van der Waals surface area contributed by atoms with Crippen LogP contribution in [-0.2, 0) is 0 Å². The number of amides is 1. The first-order valence-corrected chi connectivity index (χ1v) is 8.57. The molecule has 0 unspecified atom stereocenters. The molecule has 1 atom stereocenters. The van der Waals surface area contributed by atoms with Crippen molar-refractivity contribution in [2.45, 2.75) is 26.8 Å². The maximum Gasteiger partial charge on any atom is 0.253 e. The number of benzene rings is 2. The number of para-hydroxylation sites is 1. The van der Waals surface area contributed by atoms with Crippen LogP contribution in [-0.4, -0.2) is 15.9 Å². The monoisotopic (exact) mass is 346 g/mol. The van der Waals surface area contributed by atoms with E-state index < -0.39 is 0 Å². The molecular formula is C21H22N4O. The lowest BCUT2D eigenvalue weighted by Crippen LogP contribution is -2.27. The molecule has 3 aromatic rings. The van der Waals surface area contributed by atoms with Crippen LogP contribution in [0.15, 0.2) is 60.7 Å². The van der Waals surface area contributed by atoms with E-state index in [4.69, 9.17) is 0 Å². The van der Waals surface area contributed by atoms with Gasteiger partial charge in [0, 0.05) is 11.4 Å². The second-order valence-corrected chi connectivity index (χ2v) is 6.25. The molecule has 3 rings (SSSR count). The summed E-state index contributed by atoms with van der Waals surface area (Å²) < 4.78 is 0. The highest BCUT2D eigenvalue weighted by Crippen LogP contribution is 2.20. The van der Waals surface area contributed by atoms with Gasteiger partial charge in [0.05, 0.1) is 17.3 Å². The molecule has 5 heteroatoms. The molecule has 0 fully saturated rings. The quantitative estimate of drug-likeness (QED) is 0.722. The smallest absolute Gasteiger partial charge is 0.253 e. The van der Waals surface area contributed by atoms with Crippen LogP contribution in [0.2, 0.25) is 0 Å². The van der Waals surface area contributed by atoms with Crippen molar-refractivity contribution in [3.05, 3.63) is 83.2 Å². The van der Waals surface area contributed by atoms with Gasteiger partial charge in [-0.2, -0.15) is 0 Å². The second-order valence-electron chi connectivity index (χ2n) is 6.25. The first kappa shape index (κ1) is 17.6. The molecule has 0 bridgehead atoms. The number of nitrogens with zero attached hydrogens (tertiary/aromatic N) is 2. The summed E-state index contributed by atoms with van der Waals surface area (Å²) in [4.78, 5) is 21.6. The van der Waals surface area contributed by atoms with Crippen LogP contribution >= 0.6 is 0 Å². The van der Waals surface area contributed by atoms with Gasteiger partial charge in [-0.05, 0) is 44.5 Å². The van der Waals surface area contributed by atoms with E-state index in [1.165, 1.54) is 0 Å². The van der Waals surface area contributed by atoms with Crippen molar-refractivity contribution in [3.8, 4) is 0 Å². The molecule has 1 heterocycles. The van der Waals surface area contributed by atoms with Gasteiger partial charge in [0.15, 0.2) is 0 Å². The van der Waals surface area contributed by atoms with Crippen LogP contribution < -0.4 is 10.6 Å². The number of aryl methyl sites for hydroxylation is 2. The minimum atomic E-state index is -0.145. The van der Waals surface area contributed by atoms with Crippen LogP contribution in [0.1, 0.15) is 40.3 Å². The first-order chi connectivity index (χ1) is 12.5. The van der Waals surface area contributed by atoms with E-state index >= 15 is 0 Å². The maximum absolute atomic E-state index is 12.8. The van der Waals surface area contributed by atoms with Gasteiger partial charge in [0.2, 0.25) is 5.95 Å². The molecule has 1 amide bonds. The Morgan fingerprint density at radius 3 is 2.23 bits per heavy atom. The summed E-state index contributed by atoms with van der Waals surface area (Å²) in [5.74, 6) is 0.340. The molecule has 0 saturated heterocycles. The predicted molar refractivity (Wildman–Crippen MR) is 104 cm³/mol. The molecule has 0 aliphatic heterocycles. The number of aromatic nitrogens is 2. The van der Waals surface area contributed by atoms with Crippen molar-refractivity contribution in [3.63, 3.8) is 0 Å². The van der Waals surface area contributed by atoms with Crippen LogP contribution in [0.25, 0.3) is 0 Å². The zero-order valence-corrected chi connectivity index (χ0v) is 15.2. The molecule has 5 nitrogen and oxygen atoms in total. The number of rotatable bonds is 5. The minimum Gasteiger partial charge on any atom is -0.345 e. The lowest BCUT2D eigenvalue weighted by Gasteiger charge is -2.16. The fourth-order valence-electron chi connectivity index (χ4n) is 2.79. The summed E-state index contributed by atoms with van der Waals surface area (Å²) in [7, 11) is 0. The van der Waals surface area contributed by atoms with E-state index in [1.54, 1.807) is 6.07 Å². The Labute approximate surface area is 153 Å². The van der Waals surface area contributed by atoms with Gasteiger partial charge in [-0.15, -0.1) is 0 Å². The summed E-state index contributed by atoms with van der Waals surface area (Å²) in [6.45, 7) is 5.80. The van der Waals surface area contributed by atoms with Crippen LogP contribution in [0.4, 0.5) is 11.6 Å². The first-order valence-electron chi connectivity index (χ1n) is 8.57. The predicted octanol–water partition coefficient (Wildman–Crippen LogP) is 4.33. The Kier molecular flexibility index (Phi) is 5.27. The maximum atomic E-state index is 12.8. The van der Waals surface area contributed by atoms with Gasteiger partial charge in [0.1, 0.15) is 0 Å². The van der Waals surface area contributed by atoms with Crippen molar-refractivity contribution in [2.75, 3.05) is 5.32 Å². The topological polar surface area (TPSA) is 66.9 Å². The Hall–Kier alpha value is -3.21. The lowest BCUT2D eigenvalue weighted by molar-refractivity contribution is 0.0940. The molecule has 2 aromatic carbocycles. The SMILES string of the molecule is Cc1cc(C)nc(Nc2ccccc2C(=O)N[C@@H](C)c2ccccc2)n1. The molecule has 26 heavy (non-hydrogen) atoms. The molecule has 0 aliphatic rings. The van der Waals surface area contributed by atoms with Gasteiger partial charge in [0.25, 0.3) is 5.91 Å². The van der Waals surface area contributed by atoms with Crippen molar-refractivity contribution in [2.24, 2.45) is 0 Å². The number of hydrogen-bond acceptors (Lipinski definition) is 4. The number of hydrogen-bond donors (Lipinski definition) is 2. The van der Waals surface area contributed by atoms with Crippen molar-refractivity contribution >= 4 is 17.5 Å². The van der Waals surface area contributed by atoms with Gasteiger partial charge < -0.3 is 10.6 Å². The third kappa shape index (κ3) is 4.25. The second kappa shape index (κ2) is 7.78. The highest BCUT2D eigenvalue weighted by Gasteiger charge is 2.15. The van der Waals surface area contributed by atoms with E-state index in [-0.39, 0.29) is 11.9 Å². The Bertz CT molecular complexity index is 889. The minimum absolute atomic E-state index is 0.0887. The van der Waals surface area contributed by atoms with Crippen molar-refractivity contribution in [1.82, 2.24) is 15.3 Å². The molecule has 0 aliphatic carbocycles. The van der Waals surface area contributed by atoms with E-state index in [2.05, 4.69) is 20.6 Å². The average molecular weight is 346 g/mol. The average Bonchev–Trinajstić information content (AvgIpc) is 2.62. The lowest BCUT2D eigenvalue weighted by atomic mass is 10.1. The number of anilines is 2. The third-order valence-corrected chi connectivity index (χ3v) is 4.05. The van der Waals surface area contributed by atoms with Gasteiger partial charge in [-0.1, -0.05) is 42.5 Å². The van der Waals surface area contributed by atoms with Crippen LogP contribution in [0, 0.1) is 13.8 Å². The molecule has 0 saturated carbocycles. The fourth-order valence-corrected chi connectivity index (χ4v) is 2.79. The summed E-state index contributed by atoms with van der Waals surface area (Å²) >= 11 is 0.